The molecular formula is C14H27BN2O3. The standard InChI is InChI=1S/C14H27BN2O3/c1-11(2)7-8-17-10-12(9-16-17)15(19)20-14(5,6)13(3,4)18/h9-11,18-19H,7-8H2,1-6H3. The maximum atomic E-state index is 10.1. The summed E-state index contributed by atoms with van der Waals surface area (Å²) in [6.07, 6.45) is 4.42. The van der Waals surface area contributed by atoms with Gasteiger partial charge in [0.25, 0.3) is 0 Å². The number of hydrogen-bond acceptors (Lipinski definition) is 4. The number of rotatable bonds is 7. The van der Waals surface area contributed by atoms with Crippen LogP contribution in [0.4, 0.5) is 0 Å². The summed E-state index contributed by atoms with van der Waals surface area (Å²) >= 11 is 0. The van der Waals surface area contributed by atoms with Crippen molar-refractivity contribution in [2.75, 3.05) is 0 Å². The Labute approximate surface area is 122 Å². The van der Waals surface area contributed by atoms with E-state index in [-0.39, 0.29) is 0 Å². The number of aliphatic hydroxyl groups is 1. The summed E-state index contributed by atoms with van der Waals surface area (Å²) in [6.45, 7) is 12.0. The number of aryl methyl sites for hydroxylation is 1. The molecule has 0 saturated heterocycles. The maximum absolute atomic E-state index is 10.1. The third kappa shape index (κ3) is 4.61. The van der Waals surface area contributed by atoms with Crippen LogP contribution in [-0.2, 0) is 11.2 Å². The summed E-state index contributed by atoms with van der Waals surface area (Å²) in [5.74, 6) is 0.609. The van der Waals surface area contributed by atoms with Gasteiger partial charge in [-0.2, -0.15) is 5.10 Å². The molecule has 0 aliphatic heterocycles. The van der Waals surface area contributed by atoms with Crippen LogP contribution in [0, 0.1) is 5.92 Å². The summed E-state index contributed by atoms with van der Waals surface area (Å²) in [7, 11) is -1.09. The zero-order chi connectivity index (χ0) is 15.6. The third-order valence-corrected chi connectivity index (χ3v) is 3.75. The Morgan fingerprint density at radius 2 is 1.95 bits per heavy atom. The van der Waals surface area contributed by atoms with Crippen LogP contribution in [-0.4, -0.2) is 38.2 Å². The van der Waals surface area contributed by atoms with Gasteiger partial charge < -0.3 is 14.8 Å². The highest BCUT2D eigenvalue weighted by Gasteiger charge is 2.39. The normalized spacial score (nSPS) is 13.1. The van der Waals surface area contributed by atoms with Crippen molar-refractivity contribution in [3.63, 3.8) is 0 Å². The van der Waals surface area contributed by atoms with E-state index >= 15 is 0 Å². The van der Waals surface area contributed by atoms with Crippen LogP contribution < -0.4 is 5.46 Å². The second kappa shape index (κ2) is 6.29. The smallest absolute Gasteiger partial charge is 0.423 e. The summed E-state index contributed by atoms with van der Waals surface area (Å²) in [5.41, 5.74) is -1.32. The second-order valence-electron chi connectivity index (χ2n) is 6.76. The van der Waals surface area contributed by atoms with Crippen molar-refractivity contribution in [2.45, 2.75) is 65.7 Å². The lowest BCUT2D eigenvalue weighted by Gasteiger charge is -2.38. The molecule has 0 amide bonds. The SMILES string of the molecule is CC(C)CCn1cc(B(O)OC(C)(C)C(C)(C)O)cn1. The highest BCUT2D eigenvalue weighted by molar-refractivity contribution is 6.59. The molecule has 0 spiro atoms. The van der Waals surface area contributed by atoms with Gasteiger partial charge in [0.1, 0.15) is 0 Å². The van der Waals surface area contributed by atoms with Crippen LogP contribution in [0.5, 0.6) is 0 Å². The first-order valence-corrected chi connectivity index (χ1v) is 7.13. The molecule has 0 bridgehead atoms. The Morgan fingerprint density at radius 1 is 1.35 bits per heavy atom. The minimum Gasteiger partial charge on any atom is -0.423 e. The van der Waals surface area contributed by atoms with Crippen LogP contribution in [0.1, 0.15) is 48.0 Å². The van der Waals surface area contributed by atoms with E-state index in [1.165, 1.54) is 0 Å². The van der Waals surface area contributed by atoms with Crippen LogP contribution >= 0.6 is 0 Å². The van der Waals surface area contributed by atoms with E-state index in [0.717, 1.165) is 13.0 Å². The van der Waals surface area contributed by atoms with Crippen molar-refractivity contribution in [2.24, 2.45) is 5.92 Å². The summed E-state index contributed by atoms with van der Waals surface area (Å²) < 4.78 is 7.38. The van der Waals surface area contributed by atoms with Gasteiger partial charge in [-0.25, -0.2) is 0 Å². The van der Waals surface area contributed by atoms with Gasteiger partial charge in [0.2, 0.25) is 0 Å². The molecule has 0 aliphatic rings. The number of aromatic nitrogens is 2. The van der Waals surface area contributed by atoms with E-state index in [4.69, 9.17) is 4.65 Å². The van der Waals surface area contributed by atoms with Crippen molar-refractivity contribution in [3.8, 4) is 0 Å². The molecule has 0 aromatic carbocycles. The van der Waals surface area contributed by atoms with Gasteiger partial charge in [-0.05, 0) is 40.0 Å². The molecule has 0 fully saturated rings. The van der Waals surface area contributed by atoms with Crippen LogP contribution in [0.3, 0.4) is 0 Å². The summed E-state index contributed by atoms with van der Waals surface area (Å²) in [6, 6.07) is 0. The molecule has 0 atom stereocenters. The Kier molecular flexibility index (Phi) is 5.41. The van der Waals surface area contributed by atoms with Gasteiger partial charge in [0.05, 0.1) is 11.2 Å². The van der Waals surface area contributed by atoms with Crippen molar-refractivity contribution < 1.29 is 14.8 Å². The third-order valence-electron chi connectivity index (χ3n) is 3.75. The second-order valence-corrected chi connectivity index (χ2v) is 6.76. The van der Waals surface area contributed by atoms with Crippen LogP contribution in [0.2, 0.25) is 0 Å². The molecule has 1 heterocycles. The molecule has 0 radical (unpaired) electrons. The average Bonchev–Trinajstić information content (AvgIpc) is 2.72. The molecule has 0 unspecified atom stereocenters. The van der Waals surface area contributed by atoms with Gasteiger partial charge in [-0.15, -0.1) is 0 Å². The largest absolute Gasteiger partial charge is 0.494 e. The molecular weight excluding hydrogens is 255 g/mol. The van der Waals surface area contributed by atoms with E-state index in [2.05, 4.69) is 18.9 Å². The van der Waals surface area contributed by atoms with Crippen molar-refractivity contribution in [3.05, 3.63) is 12.4 Å². The fraction of sp³-hybridized carbons (Fsp3) is 0.786. The summed E-state index contributed by atoms with van der Waals surface area (Å²) in [5, 5.41) is 24.4. The zero-order valence-electron chi connectivity index (χ0n) is 13.4. The molecule has 6 heteroatoms. The fourth-order valence-corrected chi connectivity index (χ4v) is 1.51. The van der Waals surface area contributed by atoms with E-state index in [1.807, 2.05) is 0 Å². The predicted molar refractivity (Wildman–Crippen MR) is 80.8 cm³/mol. The first kappa shape index (κ1) is 17.2. The predicted octanol–water partition coefficient (Wildman–Crippen LogP) is 1.18. The van der Waals surface area contributed by atoms with Gasteiger partial charge in [-0.1, -0.05) is 13.8 Å². The first-order chi connectivity index (χ1) is 9.03. The Morgan fingerprint density at radius 3 is 2.45 bits per heavy atom. The highest BCUT2D eigenvalue weighted by atomic mass is 16.5. The van der Waals surface area contributed by atoms with E-state index in [0.29, 0.717) is 11.4 Å². The van der Waals surface area contributed by atoms with Gasteiger partial charge >= 0.3 is 7.12 Å². The van der Waals surface area contributed by atoms with Crippen molar-refractivity contribution >= 4 is 12.6 Å². The van der Waals surface area contributed by atoms with Crippen LogP contribution in [0.15, 0.2) is 12.4 Å². The number of nitrogens with zero attached hydrogens (tertiary/aromatic N) is 2. The molecule has 1 aromatic heterocycles. The molecule has 1 aromatic rings. The molecule has 20 heavy (non-hydrogen) atoms. The molecule has 0 aliphatic carbocycles. The monoisotopic (exact) mass is 282 g/mol. The fourth-order valence-electron chi connectivity index (χ4n) is 1.51. The molecule has 114 valence electrons. The summed E-state index contributed by atoms with van der Waals surface area (Å²) in [4.78, 5) is 0. The lowest BCUT2D eigenvalue weighted by molar-refractivity contribution is -0.0982. The zero-order valence-corrected chi connectivity index (χ0v) is 13.4. The minimum atomic E-state index is -1.09. The topological polar surface area (TPSA) is 67.5 Å². The highest BCUT2D eigenvalue weighted by Crippen LogP contribution is 2.25. The van der Waals surface area contributed by atoms with Crippen molar-refractivity contribution in [1.82, 2.24) is 9.78 Å². The lowest BCUT2D eigenvalue weighted by atomic mass is 9.78. The average molecular weight is 282 g/mol. The van der Waals surface area contributed by atoms with Gasteiger partial charge in [0, 0.05) is 24.4 Å². The van der Waals surface area contributed by atoms with E-state index in [9.17, 15) is 10.1 Å². The molecule has 1 rings (SSSR count). The Bertz CT molecular complexity index is 424. The first-order valence-electron chi connectivity index (χ1n) is 7.13. The Balaban J connectivity index is 2.67. The van der Waals surface area contributed by atoms with E-state index in [1.54, 1.807) is 44.8 Å². The molecule has 5 nitrogen and oxygen atoms in total. The van der Waals surface area contributed by atoms with E-state index < -0.39 is 18.3 Å². The van der Waals surface area contributed by atoms with Crippen LogP contribution in [0.25, 0.3) is 0 Å². The maximum Gasteiger partial charge on any atom is 0.494 e. The molecule has 2 N–H and O–H groups in total. The van der Waals surface area contributed by atoms with Crippen molar-refractivity contribution in [1.29, 1.82) is 0 Å². The Hall–Kier alpha value is -0.845. The lowest BCUT2D eigenvalue weighted by Crippen LogP contribution is -2.53. The quantitative estimate of drug-likeness (QED) is 0.737. The minimum absolute atomic E-state index is 0.603. The van der Waals surface area contributed by atoms with Gasteiger partial charge in [0.15, 0.2) is 0 Å². The number of hydrogen-bond donors (Lipinski definition) is 2. The van der Waals surface area contributed by atoms with Gasteiger partial charge in [-0.3, -0.25) is 4.68 Å². The molecule has 0 saturated carbocycles.